The van der Waals surface area contributed by atoms with Crippen LogP contribution in [0.5, 0.6) is 0 Å². The van der Waals surface area contributed by atoms with Gasteiger partial charge >= 0.3 is 48.1 Å². The molecule has 8 heteroatoms. The van der Waals surface area contributed by atoms with E-state index < -0.39 is 10.4 Å². The van der Waals surface area contributed by atoms with Gasteiger partial charge in [-0.3, -0.25) is 9.11 Å². The minimum atomic E-state index is -4.67. The van der Waals surface area contributed by atoms with Crippen LogP contribution in [0.25, 0.3) is 0 Å². The zero-order chi connectivity index (χ0) is 4.50. The molecule has 0 heterocycles. The van der Waals surface area contributed by atoms with E-state index in [9.17, 15) is 0 Å². The fourth-order valence-electron chi connectivity index (χ4n) is 0. The van der Waals surface area contributed by atoms with Gasteiger partial charge in [0, 0.05) is 0 Å². The van der Waals surface area contributed by atoms with E-state index in [0.29, 0.717) is 0 Å². The van der Waals surface area contributed by atoms with Crippen LogP contribution in [0.4, 0.5) is 0 Å². The molecule has 0 amide bonds. The zero-order valence-corrected chi connectivity index (χ0v) is 4.16. The Morgan fingerprint density at radius 2 is 1.12 bits per heavy atom. The second kappa shape index (κ2) is 8.95. The van der Waals surface area contributed by atoms with E-state index in [-0.39, 0.29) is 67.5 Å². The van der Waals surface area contributed by atoms with E-state index >= 15 is 0 Å². The molecule has 0 aliphatic rings. The van der Waals surface area contributed by atoms with Gasteiger partial charge < -0.3 is 0 Å². The Labute approximate surface area is 94.1 Å². The fourth-order valence-corrected chi connectivity index (χ4v) is 0. The fraction of sp³-hybridized carbons (Fsp3) is 0. The van der Waals surface area contributed by atoms with Gasteiger partial charge in [-0.15, -0.1) is 12.4 Å². The molecule has 0 saturated carbocycles. The van der Waals surface area contributed by atoms with Crippen molar-refractivity contribution in [2.75, 3.05) is 0 Å². The predicted molar refractivity (Wildman–Crippen MR) is 39.9 cm³/mol. The normalized spacial score (nSPS) is 7.25. The average Bonchev–Trinajstić information content (AvgIpc) is 0.722. The maximum atomic E-state index is 8.74. The van der Waals surface area contributed by atoms with Crippen LogP contribution in [0.1, 0.15) is 0 Å². The first kappa shape index (κ1) is 22.5. The number of hydrogen-bond donors (Lipinski definition) is 2. The molecule has 4 nitrogen and oxygen atoms in total. The molecule has 0 aliphatic carbocycles. The van der Waals surface area contributed by atoms with Gasteiger partial charge in [-0.2, -0.15) is 8.42 Å². The van der Waals surface area contributed by atoms with Crippen LogP contribution in [0.15, 0.2) is 0 Å². The Morgan fingerprint density at radius 1 is 1.12 bits per heavy atom. The number of hydrogen-bond acceptors (Lipinski definition) is 2. The molecule has 0 aromatic carbocycles. The Bertz CT molecular complexity index is 99.2. The van der Waals surface area contributed by atoms with Crippen molar-refractivity contribution in [1.82, 2.24) is 0 Å². The molecule has 8 heavy (non-hydrogen) atoms. The number of halogens is 1. The van der Waals surface area contributed by atoms with Gasteiger partial charge in [0.1, 0.15) is 0 Å². The second-order valence-corrected chi connectivity index (χ2v) is 1.34. The van der Waals surface area contributed by atoms with Gasteiger partial charge in [0.15, 0.2) is 17.4 Å². The Hall–Kier alpha value is 1.95. The van der Waals surface area contributed by atoms with Crippen LogP contribution in [0.2, 0.25) is 0 Å². The molecule has 0 radical (unpaired) electrons. The molecular formula is H8AlCaClO4S. The van der Waals surface area contributed by atoms with Crippen LogP contribution in [-0.4, -0.2) is 72.6 Å². The van der Waals surface area contributed by atoms with Crippen LogP contribution in [0.3, 0.4) is 0 Å². The molecule has 0 aromatic heterocycles. The molecule has 2 N–H and O–H groups in total. The topological polar surface area (TPSA) is 74.6 Å². The van der Waals surface area contributed by atoms with E-state index in [4.69, 9.17) is 17.5 Å². The first-order valence-corrected chi connectivity index (χ1v) is 2.10. The third-order valence-corrected chi connectivity index (χ3v) is 0. The van der Waals surface area contributed by atoms with Crippen molar-refractivity contribution in [3.63, 3.8) is 0 Å². The van der Waals surface area contributed by atoms with E-state index in [1.807, 2.05) is 0 Å². The van der Waals surface area contributed by atoms with Crippen molar-refractivity contribution < 1.29 is 17.5 Å². The molecule has 0 fully saturated rings. The summed E-state index contributed by atoms with van der Waals surface area (Å²) in [6.07, 6.45) is 0. The zero-order valence-electron chi connectivity index (χ0n) is 2.53. The third-order valence-electron chi connectivity index (χ3n) is 0. The van der Waals surface area contributed by atoms with Gasteiger partial charge in [0.25, 0.3) is 0 Å². The summed E-state index contributed by atoms with van der Waals surface area (Å²) in [4.78, 5) is 0. The third kappa shape index (κ3) is 101. The van der Waals surface area contributed by atoms with E-state index in [2.05, 4.69) is 0 Å². The van der Waals surface area contributed by atoms with Crippen LogP contribution < -0.4 is 0 Å². The summed E-state index contributed by atoms with van der Waals surface area (Å²) < 4.78 is 31.6. The van der Waals surface area contributed by atoms with E-state index in [0.717, 1.165) is 0 Å². The molecule has 0 unspecified atom stereocenters. The van der Waals surface area contributed by atoms with Crippen molar-refractivity contribution in [2.45, 2.75) is 0 Å². The SMILES string of the molecule is Cl.O=S(=O)(O)O.[AlH3].[CaH2]. The monoisotopic (exact) mass is 206 g/mol. The van der Waals surface area contributed by atoms with Gasteiger partial charge in [-0.25, -0.2) is 0 Å². The molecule has 0 aliphatic heterocycles. The summed E-state index contributed by atoms with van der Waals surface area (Å²) in [5, 5.41) is 0. The predicted octanol–water partition coefficient (Wildman–Crippen LogP) is -2.33. The summed E-state index contributed by atoms with van der Waals surface area (Å²) in [5.41, 5.74) is 0. The average molecular weight is 207 g/mol. The standard InChI is InChI=1S/Al.Ca.ClH.H2O4S.5H/c;;;1-5(2,3)4;;;;;/h;;1H;(H2,1,2,3,4);;;;;. The minimum absolute atomic E-state index is 0. The van der Waals surface area contributed by atoms with Crippen molar-refractivity contribution in [3.05, 3.63) is 0 Å². The first-order chi connectivity index (χ1) is 2.00. The quantitative estimate of drug-likeness (QED) is 0.344. The molecule has 0 aromatic rings. The van der Waals surface area contributed by atoms with E-state index in [1.54, 1.807) is 0 Å². The van der Waals surface area contributed by atoms with Crippen molar-refractivity contribution >= 4 is 77.9 Å². The second-order valence-electron chi connectivity index (χ2n) is 0.448. The van der Waals surface area contributed by atoms with Crippen LogP contribution in [0, 0.1) is 0 Å². The van der Waals surface area contributed by atoms with Crippen LogP contribution >= 0.6 is 12.4 Å². The summed E-state index contributed by atoms with van der Waals surface area (Å²) in [5.74, 6) is 0. The molecule has 0 saturated heterocycles. The molecule has 0 rings (SSSR count). The summed E-state index contributed by atoms with van der Waals surface area (Å²) in [6.45, 7) is 0. The van der Waals surface area contributed by atoms with Gasteiger partial charge in [-0.05, 0) is 0 Å². The van der Waals surface area contributed by atoms with E-state index in [1.165, 1.54) is 0 Å². The molecule has 0 bridgehead atoms. The molecule has 50 valence electrons. The van der Waals surface area contributed by atoms with Crippen molar-refractivity contribution in [2.24, 2.45) is 0 Å². The van der Waals surface area contributed by atoms with Crippen molar-refractivity contribution in [1.29, 1.82) is 0 Å². The first-order valence-electron chi connectivity index (χ1n) is 0.698. The van der Waals surface area contributed by atoms with Gasteiger partial charge in [-0.1, -0.05) is 0 Å². The summed E-state index contributed by atoms with van der Waals surface area (Å²) in [6, 6.07) is 0. The Kier molecular flexibility index (Phi) is 25.2. The summed E-state index contributed by atoms with van der Waals surface area (Å²) >= 11 is 0. The summed E-state index contributed by atoms with van der Waals surface area (Å²) in [7, 11) is -4.67. The Morgan fingerprint density at radius 3 is 1.12 bits per heavy atom. The number of rotatable bonds is 0. The van der Waals surface area contributed by atoms with Crippen molar-refractivity contribution in [3.8, 4) is 0 Å². The molecular weight excluding hydrogens is 199 g/mol. The maximum absolute atomic E-state index is 8.74. The molecule has 0 spiro atoms. The Balaban J connectivity index is -0.0000000267. The van der Waals surface area contributed by atoms with Gasteiger partial charge in [0.05, 0.1) is 0 Å². The van der Waals surface area contributed by atoms with Gasteiger partial charge in [0.2, 0.25) is 0 Å². The molecule has 0 atom stereocenters. The van der Waals surface area contributed by atoms with Crippen LogP contribution in [-0.2, 0) is 10.4 Å².